The van der Waals surface area contributed by atoms with Crippen LogP contribution in [0.5, 0.6) is 0 Å². The van der Waals surface area contributed by atoms with E-state index in [2.05, 4.69) is 5.32 Å². The highest BCUT2D eigenvalue weighted by atomic mass is 16.6. The summed E-state index contributed by atoms with van der Waals surface area (Å²) in [5, 5.41) is 13.1. The highest BCUT2D eigenvalue weighted by Gasteiger charge is 2.22. The number of nitro benzene ring substituents is 1. The lowest BCUT2D eigenvalue weighted by Gasteiger charge is -2.15. The van der Waals surface area contributed by atoms with Crippen molar-refractivity contribution in [3.8, 4) is 0 Å². The minimum atomic E-state index is -0.983. The number of rotatable bonds is 10. The Labute approximate surface area is 156 Å². The first kappa shape index (κ1) is 21.8. The first-order valence-electron chi connectivity index (χ1n) is 8.42. The number of carbonyl (C=O) groups excluding carboxylic acids is 3. The first-order chi connectivity index (χ1) is 12.9. The Bertz CT molecular complexity index is 698. The summed E-state index contributed by atoms with van der Waals surface area (Å²) in [6, 6.07) is 4.64. The fraction of sp³-hybridized carbons (Fsp3) is 0.389. The second-order valence-corrected chi connectivity index (χ2v) is 5.34. The van der Waals surface area contributed by atoms with Crippen LogP contribution in [0, 0.1) is 10.1 Å². The first-order valence-corrected chi connectivity index (χ1v) is 8.42. The predicted octanol–water partition coefficient (Wildman–Crippen LogP) is 2.00. The van der Waals surface area contributed by atoms with E-state index in [-0.39, 0.29) is 31.7 Å². The van der Waals surface area contributed by atoms with Gasteiger partial charge in [-0.2, -0.15) is 0 Å². The topological polar surface area (TPSA) is 125 Å². The van der Waals surface area contributed by atoms with E-state index in [1.165, 1.54) is 36.4 Å². The van der Waals surface area contributed by atoms with Gasteiger partial charge in [-0.1, -0.05) is 0 Å². The van der Waals surface area contributed by atoms with E-state index in [1.54, 1.807) is 13.8 Å². The highest BCUT2D eigenvalue weighted by Crippen LogP contribution is 2.12. The standard InChI is InChI=1S/C18H22N2O7/c1-3-26-17(22)12-10-15(18(23)27-4-2)19-16(21)11-7-13-5-8-14(9-6-13)20(24)25/h5-9,11,15H,3-4,10,12H2,1-2H3,(H,19,21). The Kier molecular flexibility index (Phi) is 9.21. The maximum atomic E-state index is 12.1. The summed E-state index contributed by atoms with van der Waals surface area (Å²) >= 11 is 0. The molecule has 1 unspecified atom stereocenters. The molecule has 1 N–H and O–H groups in total. The molecule has 1 amide bonds. The molecule has 1 atom stereocenters. The summed E-state index contributed by atoms with van der Waals surface area (Å²) in [6.45, 7) is 3.68. The van der Waals surface area contributed by atoms with E-state index >= 15 is 0 Å². The van der Waals surface area contributed by atoms with E-state index in [9.17, 15) is 24.5 Å². The van der Waals surface area contributed by atoms with Crippen molar-refractivity contribution in [1.29, 1.82) is 0 Å². The summed E-state index contributed by atoms with van der Waals surface area (Å²) in [5.41, 5.74) is 0.521. The van der Waals surface area contributed by atoms with Gasteiger partial charge in [0.25, 0.3) is 5.69 Å². The average Bonchev–Trinajstić information content (AvgIpc) is 2.64. The molecular formula is C18H22N2O7. The molecule has 0 aliphatic heterocycles. The molecule has 27 heavy (non-hydrogen) atoms. The van der Waals surface area contributed by atoms with Crippen molar-refractivity contribution in [2.24, 2.45) is 0 Å². The van der Waals surface area contributed by atoms with E-state index in [1.807, 2.05) is 0 Å². The molecule has 146 valence electrons. The Hall–Kier alpha value is -3.23. The number of nitro groups is 1. The van der Waals surface area contributed by atoms with Gasteiger partial charge in [-0.25, -0.2) is 4.79 Å². The van der Waals surface area contributed by atoms with Crippen LogP contribution >= 0.6 is 0 Å². The summed E-state index contributed by atoms with van der Waals surface area (Å²) in [5.74, 6) is -1.67. The Morgan fingerprint density at radius 3 is 2.33 bits per heavy atom. The normalized spacial score (nSPS) is 11.6. The van der Waals surface area contributed by atoms with Gasteiger partial charge in [0.2, 0.25) is 5.91 Å². The molecule has 0 heterocycles. The molecule has 0 radical (unpaired) electrons. The van der Waals surface area contributed by atoms with Crippen LogP contribution in [0.3, 0.4) is 0 Å². The Morgan fingerprint density at radius 2 is 1.78 bits per heavy atom. The van der Waals surface area contributed by atoms with Crippen LogP contribution in [0.15, 0.2) is 30.3 Å². The lowest BCUT2D eigenvalue weighted by Crippen LogP contribution is -2.41. The number of amides is 1. The van der Waals surface area contributed by atoms with Gasteiger partial charge in [-0.05, 0) is 44.0 Å². The Balaban J connectivity index is 2.69. The number of ether oxygens (including phenoxy) is 2. The number of nitrogens with zero attached hydrogens (tertiary/aromatic N) is 1. The molecule has 1 aromatic carbocycles. The zero-order valence-corrected chi connectivity index (χ0v) is 15.2. The number of non-ortho nitro benzene ring substituents is 1. The van der Waals surface area contributed by atoms with Gasteiger partial charge >= 0.3 is 11.9 Å². The van der Waals surface area contributed by atoms with E-state index in [4.69, 9.17) is 9.47 Å². The van der Waals surface area contributed by atoms with E-state index in [0.717, 1.165) is 0 Å². The molecule has 0 saturated heterocycles. The van der Waals surface area contributed by atoms with Gasteiger partial charge in [0.05, 0.1) is 18.1 Å². The summed E-state index contributed by atoms with van der Waals surface area (Å²) in [4.78, 5) is 45.5. The summed E-state index contributed by atoms with van der Waals surface area (Å²) in [7, 11) is 0. The molecule has 0 aliphatic carbocycles. The maximum absolute atomic E-state index is 12.1. The van der Waals surface area contributed by atoms with Gasteiger partial charge < -0.3 is 14.8 Å². The molecule has 9 nitrogen and oxygen atoms in total. The lowest BCUT2D eigenvalue weighted by molar-refractivity contribution is -0.384. The van der Waals surface area contributed by atoms with Gasteiger partial charge in [-0.15, -0.1) is 0 Å². The van der Waals surface area contributed by atoms with Gasteiger partial charge in [0, 0.05) is 24.6 Å². The number of esters is 2. The molecule has 0 saturated carbocycles. The summed E-state index contributed by atoms with van der Waals surface area (Å²) in [6.07, 6.45) is 2.66. The highest BCUT2D eigenvalue weighted by molar-refractivity contribution is 5.94. The number of nitrogens with one attached hydrogen (secondary N) is 1. The van der Waals surface area contributed by atoms with Crippen LogP contribution in [0.4, 0.5) is 5.69 Å². The zero-order chi connectivity index (χ0) is 20.2. The van der Waals surface area contributed by atoms with Gasteiger partial charge in [0.15, 0.2) is 0 Å². The van der Waals surface area contributed by atoms with Crippen LogP contribution in [-0.4, -0.2) is 42.0 Å². The predicted molar refractivity (Wildman–Crippen MR) is 96.6 cm³/mol. The van der Waals surface area contributed by atoms with Crippen LogP contribution in [0.1, 0.15) is 32.3 Å². The Morgan fingerprint density at radius 1 is 1.15 bits per heavy atom. The van der Waals surface area contributed by atoms with E-state index in [0.29, 0.717) is 5.56 Å². The fourth-order valence-corrected chi connectivity index (χ4v) is 2.09. The third-order valence-electron chi connectivity index (χ3n) is 3.36. The van der Waals surface area contributed by atoms with Crippen molar-refractivity contribution in [2.45, 2.75) is 32.7 Å². The zero-order valence-electron chi connectivity index (χ0n) is 15.2. The van der Waals surface area contributed by atoms with Crippen LogP contribution in [-0.2, 0) is 23.9 Å². The molecule has 1 rings (SSSR count). The van der Waals surface area contributed by atoms with Crippen LogP contribution in [0.2, 0.25) is 0 Å². The quantitative estimate of drug-likeness (QED) is 0.286. The third-order valence-corrected chi connectivity index (χ3v) is 3.36. The smallest absolute Gasteiger partial charge is 0.328 e. The molecule has 0 spiro atoms. The van der Waals surface area contributed by atoms with Crippen molar-refractivity contribution in [1.82, 2.24) is 5.32 Å². The molecular weight excluding hydrogens is 356 g/mol. The van der Waals surface area contributed by atoms with Crippen LogP contribution < -0.4 is 5.32 Å². The molecule has 0 bridgehead atoms. The minimum Gasteiger partial charge on any atom is -0.466 e. The number of hydrogen-bond acceptors (Lipinski definition) is 7. The van der Waals surface area contributed by atoms with Gasteiger partial charge in [0.1, 0.15) is 6.04 Å². The maximum Gasteiger partial charge on any atom is 0.328 e. The number of hydrogen-bond donors (Lipinski definition) is 1. The fourth-order valence-electron chi connectivity index (χ4n) is 2.09. The van der Waals surface area contributed by atoms with Crippen LogP contribution in [0.25, 0.3) is 6.08 Å². The van der Waals surface area contributed by atoms with Gasteiger partial charge in [-0.3, -0.25) is 19.7 Å². The molecule has 0 aliphatic rings. The largest absolute Gasteiger partial charge is 0.466 e. The van der Waals surface area contributed by atoms with Crippen molar-refractivity contribution >= 4 is 29.6 Å². The monoisotopic (exact) mass is 378 g/mol. The summed E-state index contributed by atoms with van der Waals surface area (Å²) < 4.78 is 9.70. The van der Waals surface area contributed by atoms with Crippen molar-refractivity contribution < 1.29 is 28.8 Å². The number of benzene rings is 1. The average molecular weight is 378 g/mol. The lowest BCUT2D eigenvalue weighted by atomic mass is 10.1. The second kappa shape index (κ2) is 11.4. The second-order valence-electron chi connectivity index (χ2n) is 5.34. The third kappa shape index (κ3) is 8.13. The number of carbonyl (C=O) groups is 3. The van der Waals surface area contributed by atoms with Crippen molar-refractivity contribution in [2.75, 3.05) is 13.2 Å². The molecule has 9 heteroatoms. The molecule has 0 aromatic heterocycles. The van der Waals surface area contributed by atoms with Crippen molar-refractivity contribution in [3.05, 3.63) is 46.0 Å². The minimum absolute atomic E-state index is 0.0380. The molecule has 1 aromatic rings. The molecule has 0 fully saturated rings. The van der Waals surface area contributed by atoms with E-state index < -0.39 is 28.8 Å². The SMILES string of the molecule is CCOC(=O)CCC(NC(=O)C=Cc1ccc([N+](=O)[O-])cc1)C(=O)OCC. The van der Waals surface area contributed by atoms with Crippen molar-refractivity contribution in [3.63, 3.8) is 0 Å².